The number of nitrogens with zero attached hydrogens (tertiary/aromatic N) is 4. The van der Waals surface area contributed by atoms with E-state index in [1.807, 2.05) is 4.90 Å². The Bertz CT molecular complexity index is 776. The Morgan fingerprint density at radius 2 is 1.78 bits per heavy atom. The van der Waals surface area contributed by atoms with E-state index in [4.69, 9.17) is 0 Å². The lowest BCUT2D eigenvalue weighted by molar-refractivity contribution is 0.0600. The van der Waals surface area contributed by atoms with E-state index in [1.165, 1.54) is 49.4 Å². The molecule has 0 atom stereocenters. The molecule has 2 aliphatic rings. The van der Waals surface area contributed by atoms with E-state index in [-0.39, 0.29) is 11.7 Å². The summed E-state index contributed by atoms with van der Waals surface area (Å²) in [6.45, 7) is 4.49. The molecule has 1 saturated carbocycles. The fourth-order valence-electron chi connectivity index (χ4n) is 4.24. The smallest absolute Gasteiger partial charge is 0.274 e. The molecule has 1 aliphatic carbocycles. The van der Waals surface area contributed by atoms with Crippen molar-refractivity contribution in [2.75, 3.05) is 32.7 Å². The molecule has 0 bridgehead atoms. The van der Waals surface area contributed by atoms with Gasteiger partial charge in [0.25, 0.3) is 5.91 Å². The first-order valence-corrected chi connectivity index (χ1v) is 10.0. The van der Waals surface area contributed by atoms with Crippen LogP contribution in [0.1, 0.15) is 42.6 Å². The highest BCUT2D eigenvalue weighted by Crippen LogP contribution is 2.25. The summed E-state index contributed by atoms with van der Waals surface area (Å²) in [4.78, 5) is 17.1. The molecule has 0 unspecified atom stereocenters. The van der Waals surface area contributed by atoms with Crippen LogP contribution in [0.2, 0.25) is 0 Å². The molecular weight excluding hydrogens is 343 g/mol. The van der Waals surface area contributed by atoms with Crippen LogP contribution in [0.15, 0.2) is 36.5 Å². The zero-order valence-corrected chi connectivity index (χ0v) is 15.7. The predicted octanol–water partition coefficient (Wildman–Crippen LogP) is 3.35. The maximum Gasteiger partial charge on any atom is 0.274 e. The Kier molecular flexibility index (Phi) is 5.53. The molecule has 144 valence electrons. The van der Waals surface area contributed by atoms with Crippen molar-refractivity contribution >= 4 is 5.91 Å². The maximum absolute atomic E-state index is 13.9. The number of amides is 1. The number of carbonyl (C=O) groups is 1. The number of para-hydroxylation sites is 1. The summed E-state index contributed by atoms with van der Waals surface area (Å²) in [6.07, 6.45) is 8.48. The zero-order chi connectivity index (χ0) is 18.6. The fraction of sp³-hybridized carbons (Fsp3) is 0.524. The van der Waals surface area contributed by atoms with Gasteiger partial charge in [-0.1, -0.05) is 31.4 Å². The van der Waals surface area contributed by atoms with E-state index in [9.17, 15) is 9.18 Å². The van der Waals surface area contributed by atoms with Gasteiger partial charge < -0.3 is 4.90 Å². The predicted molar refractivity (Wildman–Crippen MR) is 102 cm³/mol. The summed E-state index contributed by atoms with van der Waals surface area (Å²) in [6, 6.07) is 8.11. The number of halogens is 1. The van der Waals surface area contributed by atoms with Gasteiger partial charge in [-0.3, -0.25) is 9.69 Å². The number of carbonyl (C=O) groups excluding carboxylic acids is 1. The molecule has 1 aliphatic heterocycles. The van der Waals surface area contributed by atoms with Gasteiger partial charge in [0, 0.05) is 38.9 Å². The zero-order valence-electron chi connectivity index (χ0n) is 15.7. The molecule has 1 aromatic heterocycles. The van der Waals surface area contributed by atoms with Crippen molar-refractivity contribution in [1.82, 2.24) is 19.6 Å². The molecule has 2 heterocycles. The number of hydrogen-bond acceptors (Lipinski definition) is 3. The monoisotopic (exact) mass is 370 g/mol. The first kappa shape index (κ1) is 18.2. The normalized spacial score (nSPS) is 19.4. The Morgan fingerprint density at radius 3 is 2.52 bits per heavy atom. The first-order chi connectivity index (χ1) is 13.2. The van der Waals surface area contributed by atoms with Crippen molar-refractivity contribution in [1.29, 1.82) is 0 Å². The molecule has 0 spiro atoms. The molecular formula is C21H27FN4O. The lowest BCUT2D eigenvalue weighted by Crippen LogP contribution is -2.50. The van der Waals surface area contributed by atoms with Crippen molar-refractivity contribution in [2.24, 2.45) is 5.92 Å². The minimum atomic E-state index is -0.351. The largest absolute Gasteiger partial charge is 0.335 e. The molecule has 0 radical (unpaired) electrons. The Hall–Kier alpha value is -2.21. The third-order valence-corrected chi connectivity index (χ3v) is 5.81. The second-order valence-electron chi connectivity index (χ2n) is 7.69. The summed E-state index contributed by atoms with van der Waals surface area (Å²) in [5, 5.41) is 4.30. The van der Waals surface area contributed by atoms with Crippen LogP contribution in [-0.4, -0.2) is 58.2 Å². The summed E-state index contributed by atoms with van der Waals surface area (Å²) in [5.41, 5.74) is 0.729. The number of aromatic nitrogens is 2. The molecule has 1 amide bonds. The van der Waals surface area contributed by atoms with Gasteiger partial charge in [-0.05, 0) is 37.0 Å². The molecule has 1 saturated heterocycles. The summed E-state index contributed by atoms with van der Waals surface area (Å²) in [7, 11) is 0. The summed E-state index contributed by atoms with van der Waals surface area (Å²) >= 11 is 0. The standard InChI is InChI=1S/C21H27FN4O/c22-18-8-4-5-9-20(18)26-11-10-19(23-26)21(27)25-14-12-24(13-15-25)16-17-6-2-1-3-7-17/h4-5,8-11,17H,1-3,6-7,12-16H2. The molecule has 0 N–H and O–H groups in total. The third kappa shape index (κ3) is 4.21. The molecule has 1 aromatic carbocycles. The minimum absolute atomic E-state index is 0.0672. The summed E-state index contributed by atoms with van der Waals surface area (Å²) in [5.74, 6) is 0.413. The van der Waals surface area contributed by atoms with E-state index in [0.717, 1.165) is 32.1 Å². The van der Waals surface area contributed by atoms with Gasteiger partial charge in [0.05, 0.1) is 0 Å². The van der Waals surface area contributed by atoms with E-state index in [0.29, 0.717) is 11.4 Å². The Morgan fingerprint density at radius 1 is 1.04 bits per heavy atom. The van der Waals surface area contributed by atoms with Crippen LogP contribution in [0.4, 0.5) is 4.39 Å². The van der Waals surface area contributed by atoms with Crippen LogP contribution in [-0.2, 0) is 0 Å². The van der Waals surface area contributed by atoms with Gasteiger partial charge in [-0.2, -0.15) is 5.10 Å². The average Bonchev–Trinajstić information content (AvgIpc) is 3.19. The second kappa shape index (κ2) is 8.21. The van der Waals surface area contributed by atoms with E-state index >= 15 is 0 Å². The topological polar surface area (TPSA) is 41.4 Å². The quantitative estimate of drug-likeness (QED) is 0.829. The lowest BCUT2D eigenvalue weighted by Gasteiger charge is -2.37. The van der Waals surface area contributed by atoms with Crippen molar-refractivity contribution in [3.05, 3.63) is 48.0 Å². The first-order valence-electron chi connectivity index (χ1n) is 10.0. The third-order valence-electron chi connectivity index (χ3n) is 5.81. The second-order valence-corrected chi connectivity index (χ2v) is 7.69. The van der Waals surface area contributed by atoms with Gasteiger partial charge in [0.1, 0.15) is 11.5 Å². The van der Waals surface area contributed by atoms with Crippen LogP contribution in [0.3, 0.4) is 0 Å². The number of benzene rings is 1. The number of piperazine rings is 1. The molecule has 6 heteroatoms. The highest BCUT2D eigenvalue weighted by atomic mass is 19.1. The molecule has 2 aromatic rings. The van der Waals surface area contributed by atoms with Crippen LogP contribution in [0.5, 0.6) is 0 Å². The van der Waals surface area contributed by atoms with E-state index in [1.54, 1.807) is 30.5 Å². The van der Waals surface area contributed by atoms with Gasteiger partial charge in [0.15, 0.2) is 5.69 Å². The number of hydrogen-bond donors (Lipinski definition) is 0. The molecule has 5 nitrogen and oxygen atoms in total. The SMILES string of the molecule is O=C(c1ccn(-c2ccccc2F)n1)N1CCN(CC2CCCCC2)CC1. The molecule has 2 fully saturated rings. The van der Waals surface area contributed by atoms with Crippen LogP contribution < -0.4 is 0 Å². The van der Waals surface area contributed by atoms with E-state index in [2.05, 4.69) is 10.00 Å². The van der Waals surface area contributed by atoms with Gasteiger partial charge in [-0.15, -0.1) is 0 Å². The van der Waals surface area contributed by atoms with Crippen molar-refractivity contribution in [3.8, 4) is 5.69 Å². The average molecular weight is 370 g/mol. The fourth-order valence-corrected chi connectivity index (χ4v) is 4.24. The molecule has 27 heavy (non-hydrogen) atoms. The van der Waals surface area contributed by atoms with Crippen molar-refractivity contribution < 1.29 is 9.18 Å². The van der Waals surface area contributed by atoms with Gasteiger partial charge >= 0.3 is 0 Å². The highest BCUT2D eigenvalue weighted by Gasteiger charge is 2.25. The van der Waals surface area contributed by atoms with E-state index < -0.39 is 0 Å². The van der Waals surface area contributed by atoms with Crippen molar-refractivity contribution in [3.63, 3.8) is 0 Å². The van der Waals surface area contributed by atoms with Gasteiger partial charge in [0.2, 0.25) is 0 Å². The van der Waals surface area contributed by atoms with Gasteiger partial charge in [-0.25, -0.2) is 9.07 Å². The van der Waals surface area contributed by atoms with Crippen LogP contribution >= 0.6 is 0 Å². The molecule has 4 rings (SSSR count). The van der Waals surface area contributed by atoms with Crippen LogP contribution in [0, 0.1) is 11.7 Å². The number of rotatable bonds is 4. The Labute approximate surface area is 159 Å². The maximum atomic E-state index is 13.9. The van der Waals surface area contributed by atoms with Crippen molar-refractivity contribution in [2.45, 2.75) is 32.1 Å². The minimum Gasteiger partial charge on any atom is -0.335 e. The summed E-state index contributed by atoms with van der Waals surface area (Å²) < 4.78 is 15.3. The van der Waals surface area contributed by atoms with Crippen LogP contribution in [0.25, 0.3) is 5.69 Å². The Balaban J connectivity index is 1.34. The highest BCUT2D eigenvalue weighted by molar-refractivity contribution is 5.92. The lowest BCUT2D eigenvalue weighted by atomic mass is 9.89.